The van der Waals surface area contributed by atoms with Crippen molar-refractivity contribution >= 4 is 46.2 Å². The van der Waals surface area contributed by atoms with Gasteiger partial charge in [0.2, 0.25) is 0 Å². The predicted octanol–water partition coefficient (Wildman–Crippen LogP) is 7.04. The lowest BCUT2D eigenvalue weighted by Gasteiger charge is -2.29. The van der Waals surface area contributed by atoms with Gasteiger partial charge in [-0.3, -0.25) is 4.79 Å². The lowest BCUT2D eigenvalue weighted by molar-refractivity contribution is -0.275. The van der Waals surface area contributed by atoms with Crippen LogP contribution in [-0.2, 0) is 23.3 Å². The van der Waals surface area contributed by atoms with Gasteiger partial charge in [-0.1, -0.05) is 42.2 Å². The summed E-state index contributed by atoms with van der Waals surface area (Å²) in [5.41, 5.74) is -0.866. The van der Waals surface area contributed by atoms with E-state index in [2.05, 4.69) is 10.5 Å². The van der Waals surface area contributed by atoms with Gasteiger partial charge in [0.1, 0.15) is 5.71 Å². The van der Waals surface area contributed by atoms with Crippen molar-refractivity contribution < 1.29 is 27.9 Å². The fourth-order valence-electron chi connectivity index (χ4n) is 4.60. The zero-order valence-corrected chi connectivity index (χ0v) is 22.6. The number of oxime groups is 1. The minimum absolute atomic E-state index is 0.0508. The Hall–Kier alpha value is -1.81. The zero-order valence-electron chi connectivity index (χ0n) is 20.3. The van der Waals surface area contributed by atoms with Crippen LogP contribution >= 0.6 is 34.5 Å². The molecule has 0 saturated carbocycles. The number of benzene rings is 1. The number of carbonyl (C=O) groups is 1. The third kappa shape index (κ3) is 5.54. The van der Waals surface area contributed by atoms with E-state index in [-0.39, 0.29) is 33.3 Å². The average Bonchev–Trinajstić information content (AvgIpc) is 3.46. The number of aliphatic hydroxyl groups is 1. The van der Waals surface area contributed by atoms with E-state index < -0.39 is 18.2 Å². The summed E-state index contributed by atoms with van der Waals surface area (Å²) >= 11 is 13.2. The van der Waals surface area contributed by atoms with Crippen LogP contribution in [0.2, 0.25) is 10.0 Å². The molecule has 1 atom stereocenters. The number of amides is 1. The molecule has 1 amide bonds. The van der Waals surface area contributed by atoms with Crippen molar-refractivity contribution in [1.82, 2.24) is 5.32 Å². The van der Waals surface area contributed by atoms with Gasteiger partial charge in [0.15, 0.2) is 0 Å². The number of rotatable bonds is 6. The Kier molecular flexibility index (Phi) is 9.36. The Labute approximate surface area is 222 Å². The first-order valence-electron chi connectivity index (χ1n) is 11.8. The molecule has 2 aliphatic rings. The Balaban J connectivity index is 0.00000176. The lowest BCUT2D eigenvalue weighted by Crippen LogP contribution is -2.42. The molecule has 4 rings (SSSR count). The van der Waals surface area contributed by atoms with E-state index in [9.17, 15) is 18.0 Å². The molecule has 0 spiro atoms. The summed E-state index contributed by atoms with van der Waals surface area (Å²) in [6.07, 6.45) is -0.413. The second kappa shape index (κ2) is 11.7. The summed E-state index contributed by atoms with van der Waals surface area (Å²) in [6, 6.07) is 3.83. The highest BCUT2D eigenvalue weighted by Crippen LogP contribution is 2.51. The SMILES string of the molecule is CCC(CC)NC(=O)c1sc(C2=NOC(c3cc(Cl)cc(Cl)c3)(C(F)(F)F)C2)c2c1CCCC2.CO. The van der Waals surface area contributed by atoms with Gasteiger partial charge in [0.05, 0.1) is 16.2 Å². The number of thiophene rings is 1. The minimum Gasteiger partial charge on any atom is -0.400 e. The number of nitrogens with zero attached hydrogens (tertiary/aromatic N) is 1. The van der Waals surface area contributed by atoms with Crippen LogP contribution in [0.4, 0.5) is 13.2 Å². The van der Waals surface area contributed by atoms with Gasteiger partial charge in [0, 0.05) is 28.8 Å². The Morgan fingerprint density at radius 1 is 1.14 bits per heavy atom. The van der Waals surface area contributed by atoms with E-state index in [0.29, 0.717) is 16.2 Å². The van der Waals surface area contributed by atoms with Crippen molar-refractivity contribution in [2.45, 2.75) is 76.6 Å². The molecule has 11 heteroatoms. The Bertz CT molecular complexity index is 1110. The van der Waals surface area contributed by atoms with Gasteiger partial charge in [0.25, 0.3) is 11.5 Å². The number of halogens is 5. The standard InChI is InChI=1S/C24H25Cl2F3N2O2S.CH4O/c1-3-16(4-2)30-22(32)21-18-8-6-5-7-17(18)20(34-21)19-12-23(33-31-19,24(27,28)29)13-9-14(25)11-15(26)10-13;1-2/h9-11,16H,3-8,12H2,1-2H3,(H,30,32);2H,1H3. The van der Waals surface area contributed by atoms with Crippen LogP contribution in [0.15, 0.2) is 23.4 Å². The van der Waals surface area contributed by atoms with Gasteiger partial charge in [-0.25, -0.2) is 0 Å². The number of hydrogen-bond donors (Lipinski definition) is 2. The lowest BCUT2D eigenvalue weighted by atomic mass is 9.85. The fraction of sp³-hybridized carbons (Fsp3) is 0.520. The summed E-state index contributed by atoms with van der Waals surface area (Å²) in [6.45, 7) is 4.01. The molecule has 36 heavy (non-hydrogen) atoms. The van der Waals surface area contributed by atoms with Crippen LogP contribution in [0.3, 0.4) is 0 Å². The quantitative estimate of drug-likeness (QED) is 0.395. The average molecular weight is 565 g/mol. The van der Waals surface area contributed by atoms with Crippen molar-refractivity contribution in [2.75, 3.05) is 7.11 Å². The van der Waals surface area contributed by atoms with Crippen LogP contribution in [-0.4, -0.2) is 36.1 Å². The van der Waals surface area contributed by atoms with Gasteiger partial charge < -0.3 is 15.3 Å². The summed E-state index contributed by atoms with van der Waals surface area (Å²) in [4.78, 5) is 19.4. The van der Waals surface area contributed by atoms with E-state index in [1.165, 1.54) is 29.5 Å². The molecule has 1 aliphatic carbocycles. The largest absolute Gasteiger partial charge is 0.435 e. The molecule has 198 valence electrons. The molecule has 2 heterocycles. The van der Waals surface area contributed by atoms with Crippen molar-refractivity contribution in [1.29, 1.82) is 0 Å². The number of nitrogens with one attached hydrogen (secondary N) is 1. The summed E-state index contributed by atoms with van der Waals surface area (Å²) < 4.78 is 43.2. The number of carbonyl (C=O) groups excluding carboxylic acids is 1. The maximum Gasteiger partial charge on any atom is 0.435 e. The third-order valence-corrected chi connectivity index (χ3v) is 8.28. The van der Waals surface area contributed by atoms with E-state index in [1.807, 2.05) is 13.8 Å². The van der Waals surface area contributed by atoms with Crippen LogP contribution in [0.25, 0.3) is 0 Å². The maximum absolute atomic E-state index is 14.4. The van der Waals surface area contributed by atoms with Gasteiger partial charge in [-0.05, 0) is 67.9 Å². The molecule has 1 aromatic heterocycles. The van der Waals surface area contributed by atoms with Crippen molar-refractivity contribution in [3.05, 3.63) is 54.7 Å². The first-order chi connectivity index (χ1) is 17.1. The second-order valence-electron chi connectivity index (χ2n) is 8.70. The number of fused-ring (bicyclic) bond motifs is 1. The molecule has 2 N–H and O–H groups in total. The predicted molar refractivity (Wildman–Crippen MR) is 137 cm³/mol. The zero-order chi connectivity index (χ0) is 26.7. The highest BCUT2D eigenvalue weighted by atomic mass is 35.5. The van der Waals surface area contributed by atoms with Gasteiger partial charge in [-0.2, -0.15) is 13.2 Å². The van der Waals surface area contributed by atoms with Crippen LogP contribution in [0.5, 0.6) is 0 Å². The second-order valence-corrected chi connectivity index (χ2v) is 10.6. The van der Waals surface area contributed by atoms with Gasteiger partial charge in [-0.15, -0.1) is 11.3 Å². The molecular weight excluding hydrogens is 536 g/mol. The smallest absolute Gasteiger partial charge is 0.400 e. The highest BCUT2D eigenvalue weighted by Gasteiger charge is 2.62. The molecule has 1 unspecified atom stereocenters. The molecule has 1 aromatic carbocycles. The first kappa shape index (κ1) is 28.8. The molecule has 0 saturated heterocycles. The summed E-state index contributed by atoms with van der Waals surface area (Å²) in [7, 11) is 1.00. The molecule has 2 aromatic rings. The Morgan fingerprint density at radius 2 is 1.72 bits per heavy atom. The molecule has 5 nitrogen and oxygen atoms in total. The van der Waals surface area contributed by atoms with Gasteiger partial charge >= 0.3 is 6.18 Å². The molecule has 1 aliphatic heterocycles. The van der Waals surface area contributed by atoms with Crippen molar-refractivity contribution in [3.8, 4) is 0 Å². The fourth-order valence-corrected chi connectivity index (χ4v) is 6.41. The molecule has 0 fully saturated rings. The molecule has 0 bridgehead atoms. The topological polar surface area (TPSA) is 70.9 Å². The van der Waals surface area contributed by atoms with Crippen LogP contribution in [0, 0.1) is 0 Å². The first-order valence-corrected chi connectivity index (χ1v) is 13.4. The maximum atomic E-state index is 14.4. The third-order valence-electron chi connectivity index (χ3n) is 6.52. The van der Waals surface area contributed by atoms with E-state index in [1.54, 1.807) is 0 Å². The van der Waals surface area contributed by atoms with Crippen LogP contribution < -0.4 is 5.32 Å². The number of alkyl halides is 3. The summed E-state index contributed by atoms with van der Waals surface area (Å²) in [5.74, 6) is -0.175. The summed E-state index contributed by atoms with van der Waals surface area (Å²) in [5, 5.41) is 14.1. The molecule has 0 radical (unpaired) electrons. The molecular formula is C25H29Cl2F3N2O3S. The number of aliphatic hydroxyl groups excluding tert-OH is 1. The van der Waals surface area contributed by atoms with Crippen LogP contribution in [0.1, 0.15) is 77.2 Å². The normalized spacial score (nSPS) is 19.2. The van der Waals surface area contributed by atoms with E-state index in [0.717, 1.165) is 50.3 Å². The monoisotopic (exact) mass is 564 g/mol. The van der Waals surface area contributed by atoms with E-state index in [4.69, 9.17) is 33.1 Å². The Morgan fingerprint density at radius 3 is 2.28 bits per heavy atom. The van der Waals surface area contributed by atoms with Crippen molar-refractivity contribution in [3.63, 3.8) is 0 Å². The highest BCUT2D eigenvalue weighted by molar-refractivity contribution is 7.16. The van der Waals surface area contributed by atoms with E-state index >= 15 is 0 Å². The van der Waals surface area contributed by atoms with Crippen molar-refractivity contribution in [2.24, 2.45) is 5.16 Å². The minimum atomic E-state index is -4.76. The number of hydrogen-bond acceptors (Lipinski definition) is 5.